The third-order valence-corrected chi connectivity index (χ3v) is 7.77. The molecule has 2 amide bonds. The van der Waals surface area contributed by atoms with Crippen LogP contribution in [0.15, 0.2) is 79.8 Å². The molecule has 0 saturated carbocycles. The van der Waals surface area contributed by atoms with Crippen LogP contribution >= 0.6 is 55.1 Å². The van der Waals surface area contributed by atoms with Crippen molar-refractivity contribution in [2.45, 2.75) is 0 Å². The molecule has 0 unspecified atom stereocenters. The van der Waals surface area contributed by atoms with Crippen LogP contribution in [0.5, 0.6) is 34.5 Å². The zero-order chi connectivity index (χ0) is 32.8. The van der Waals surface area contributed by atoms with Gasteiger partial charge in [-0.05, 0) is 92.5 Å². The Morgan fingerprint density at radius 2 is 1.04 bits per heavy atom. The smallest absolute Gasteiger partial charge is 0.271 e. The number of fused-ring (bicyclic) bond motifs is 2. The SMILES string of the molecule is O=C(N/N=C/c1cc(Cl)cc(Br)c1O)c1ccc2c(c1)OCO2.O=C(N/N=C/c1cc(Cl)cc(Br)c1O)c1ccc2c(c1)OCO2. The largest absolute Gasteiger partial charge is 0.506 e. The predicted molar refractivity (Wildman–Crippen MR) is 177 cm³/mol. The summed E-state index contributed by atoms with van der Waals surface area (Å²) in [5, 5.41) is 28.2. The van der Waals surface area contributed by atoms with Crippen LogP contribution in [0.2, 0.25) is 10.0 Å². The van der Waals surface area contributed by atoms with Gasteiger partial charge in [-0.3, -0.25) is 9.59 Å². The molecule has 236 valence electrons. The number of carbonyl (C=O) groups is 2. The zero-order valence-corrected chi connectivity index (χ0v) is 27.8. The lowest BCUT2D eigenvalue weighted by molar-refractivity contribution is 0.0947. The fraction of sp³-hybridized carbons (Fsp3) is 0.0667. The van der Waals surface area contributed by atoms with Gasteiger partial charge >= 0.3 is 0 Å². The topological polar surface area (TPSA) is 160 Å². The molecule has 2 heterocycles. The molecule has 0 atom stereocenters. The molecule has 46 heavy (non-hydrogen) atoms. The number of nitrogens with zero attached hydrogens (tertiary/aromatic N) is 2. The number of rotatable bonds is 6. The van der Waals surface area contributed by atoms with Crippen LogP contribution < -0.4 is 29.8 Å². The first-order valence-corrected chi connectivity index (χ1v) is 15.3. The highest BCUT2D eigenvalue weighted by atomic mass is 79.9. The van der Waals surface area contributed by atoms with Gasteiger partial charge in [0.05, 0.1) is 21.4 Å². The van der Waals surface area contributed by atoms with E-state index in [1.807, 2.05) is 0 Å². The quantitative estimate of drug-likeness (QED) is 0.126. The number of hydrogen-bond donors (Lipinski definition) is 4. The van der Waals surface area contributed by atoms with Crippen LogP contribution in [-0.4, -0.2) is 48.0 Å². The van der Waals surface area contributed by atoms with Gasteiger partial charge in [0, 0.05) is 32.3 Å². The van der Waals surface area contributed by atoms with Crippen LogP contribution in [0.4, 0.5) is 0 Å². The minimum Gasteiger partial charge on any atom is -0.506 e. The zero-order valence-electron chi connectivity index (χ0n) is 23.1. The monoisotopic (exact) mass is 792 g/mol. The number of carbonyl (C=O) groups excluding carboxylic acids is 2. The molecule has 0 spiro atoms. The highest BCUT2D eigenvalue weighted by molar-refractivity contribution is 9.11. The van der Waals surface area contributed by atoms with Crippen molar-refractivity contribution in [3.05, 3.63) is 102 Å². The predicted octanol–water partition coefficient (Wildman–Crippen LogP) is 6.60. The van der Waals surface area contributed by atoms with Crippen molar-refractivity contribution in [1.29, 1.82) is 0 Å². The summed E-state index contributed by atoms with van der Waals surface area (Å²) in [6.07, 6.45) is 2.60. The van der Waals surface area contributed by atoms with E-state index >= 15 is 0 Å². The first-order valence-electron chi connectivity index (χ1n) is 12.9. The third-order valence-electron chi connectivity index (χ3n) is 6.12. The standard InChI is InChI=1S/2C15H10BrClN2O4/c2*16-11-5-10(17)3-9(14(11)20)6-18-19-15(21)8-1-2-12-13(4-8)23-7-22-12/h2*1-6,20H,7H2,(H,19,21)/b2*18-6+. The van der Waals surface area contributed by atoms with E-state index in [0.717, 1.165) is 0 Å². The van der Waals surface area contributed by atoms with Gasteiger partial charge in [-0.15, -0.1) is 0 Å². The van der Waals surface area contributed by atoms with Gasteiger partial charge in [-0.1, -0.05) is 23.2 Å². The molecule has 4 aromatic rings. The average molecular weight is 795 g/mol. The molecule has 0 aromatic heterocycles. The molecule has 4 aromatic carbocycles. The summed E-state index contributed by atoms with van der Waals surface area (Å²) in [5.74, 6) is 1.35. The molecular weight excluding hydrogens is 775 g/mol. The van der Waals surface area contributed by atoms with E-state index in [-0.39, 0.29) is 25.1 Å². The molecule has 4 N–H and O–H groups in total. The number of hydrogen-bond acceptors (Lipinski definition) is 10. The van der Waals surface area contributed by atoms with Crippen molar-refractivity contribution in [2.24, 2.45) is 10.2 Å². The molecule has 0 aliphatic carbocycles. The second-order valence-corrected chi connectivity index (χ2v) is 11.8. The van der Waals surface area contributed by atoms with Crippen molar-refractivity contribution in [1.82, 2.24) is 10.9 Å². The van der Waals surface area contributed by atoms with Gasteiger partial charge < -0.3 is 29.2 Å². The number of phenolic OH excluding ortho intramolecular Hbond substituents is 2. The lowest BCUT2D eigenvalue weighted by Crippen LogP contribution is -2.17. The highest BCUT2D eigenvalue weighted by Crippen LogP contribution is 2.34. The van der Waals surface area contributed by atoms with Gasteiger partial charge in [0.25, 0.3) is 11.8 Å². The van der Waals surface area contributed by atoms with Crippen molar-refractivity contribution in [3.63, 3.8) is 0 Å². The Bertz CT molecular complexity index is 1760. The molecule has 12 nitrogen and oxygen atoms in total. The van der Waals surface area contributed by atoms with E-state index in [9.17, 15) is 19.8 Å². The van der Waals surface area contributed by atoms with Crippen molar-refractivity contribution in [3.8, 4) is 34.5 Å². The number of hydrazone groups is 2. The van der Waals surface area contributed by atoms with Gasteiger partial charge in [-0.25, -0.2) is 10.9 Å². The van der Waals surface area contributed by atoms with Crippen LogP contribution in [0.25, 0.3) is 0 Å². The third kappa shape index (κ3) is 8.01. The summed E-state index contributed by atoms with van der Waals surface area (Å²) in [6.45, 7) is 0.281. The van der Waals surface area contributed by atoms with Crippen LogP contribution in [-0.2, 0) is 0 Å². The Morgan fingerprint density at radius 1 is 0.652 bits per heavy atom. The minimum absolute atomic E-state index is 0.0181. The molecule has 0 bridgehead atoms. The Kier molecular flexibility index (Phi) is 10.5. The Labute approximate surface area is 287 Å². The number of aromatic hydroxyl groups is 2. The maximum Gasteiger partial charge on any atom is 0.271 e. The Balaban J connectivity index is 0.000000181. The molecular formula is C30H20Br2Cl2N4O8. The summed E-state index contributed by atoms with van der Waals surface area (Å²) in [4.78, 5) is 24.1. The first-order chi connectivity index (χ1) is 22.1. The maximum absolute atomic E-state index is 12.0. The van der Waals surface area contributed by atoms with E-state index in [1.54, 1.807) is 48.5 Å². The average Bonchev–Trinajstić information content (AvgIpc) is 3.71. The van der Waals surface area contributed by atoms with E-state index in [4.69, 9.17) is 42.1 Å². The lowest BCUT2D eigenvalue weighted by atomic mass is 10.2. The van der Waals surface area contributed by atoms with Gasteiger partial charge in [-0.2, -0.15) is 10.2 Å². The van der Waals surface area contributed by atoms with E-state index in [0.29, 0.717) is 64.2 Å². The molecule has 0 radical (unpaired) electrons. The second kappa shape index (κ2) is 14.7. The van der Waals surface area contributed by atoms with E-state index < -0.39 is 11.8 Å². The number of halogens is 4. The summed E-state index contributed by atoms with van der Waals surface area (Å²) >= 11 is 18.1. The number of ether oxygens (including phenoxy) is 4. The molecule has 6 rings (SSSR count). The maximum atomic E-state index is 12.0. The minimum atomic E-state index is -0.417. The normalized spacial score (nSPS) is 12.6. The molecule has 2 aliphatic heterocycles. The summed E-state index contributed by atoms with van der Waals surface area (Å²) in [7, 11) is 0. The summed E-state index contributed by atoms with van der Waals surface area (Å²) < 4.78 is 21.7. The lowest BCUT2D eigenvalue weighted by Gasteiger charge is -2.03. The second-order valence-electron chi connectivity index (χ2n) is 9.19. The molecule has 16 heteroatoms. The first kappa shape index (κ1) is 32.9. The fourth-order valence-corrected chi connectivity index (χ4v) is 5.56. The molecule has 0 fully saturated rings. The summed E-state index contributed by atoms with van der Waals surface area (Å²) in [5.41, 5.74) is 6.24. The molecule has 0 saturated heterocycles. The van der Waals surface area contributed by atoms with Crippen molar-refractivity contribution in [2.75, 3.05) is 13.6 Å². The summed E-state index contributed by atoms with van der Waals surface area (Å²) in [6, 6.07) is 15.8. The van der Waals surface area contributed by atoms with E-state index in [2.05, 4.69) is 52.9 Å². The Hall–Kier alpha value is -4.50. The Morgan fingerprint density at radius 3 is 1.46 bits per heavy atom. The van der Waals surface area contributed by atoms with Crippen LogP contribution in [0, 0.1) is 0 Å². The highest BCUT2D eigenvalue weighted by Gasteiger charge is 2.17. The van der Waals surface area contributed by atoms with Crippen molar-refractivity contribution < 1.29 is 38.7 Å². The van der Waals surface area contributed by atoms with Gasteiger partial charge in [0.1, 0.15) is 11.5 Å². The van der Waals surface area contributed by atoms with Crippen LogP contribution in [0.1, 0.15) is 31.8 Å². The van der Waals surface area contributed by atoms with Crippen molar-refractivity contribution >= 4 is 79.3 Å². The number of benzene rings is 4. The van der Waals surface area contributed by atoms with E-state index in [1.165, 1.54) is 24.6 Å². The fourth-order valence-electron chi connectivity index (χ4n) is 3.89. The van der Waals surface area contributed by atoms with Gasteiger partial charge in [0.15, 0.2) is 23.0 Å². The number of phenols is 2. The van der Waals surface area contributed by atoms with Crippen LogP contribution in [0.3, 0.4) is 0 Å². The molecule has 2 aliphatic rings. The number of amides is 2. The van der Waals surface area contributed by atoms with Gasteiger partial charge in [0.2, 0.25) is 13.6 Å². The number of nitrogens with one attached hydrogen (secondary N) is 2.